The van der Waals surface area contributed by atoms with Gasteiger partial charge < -0.3 is 5.32 Å². The lowest BCUT2D eigenvalue weighted by molar-refractivity contribution is 0.0946. The fraction of sp³-hybridized carbons (Fsp3) is 0.300. The fourth-order valence-electron chi connectivity index (χ4n) is 1.41. The molecule has 0 radical (unpaired) electrons. The van der Waals surface area contributed by atoms with Crippen LogP contribution in [0.15, 0.2) is 12.4 Å². The molecule has 2 N–H and O–H groups in total. The van der Waals surface area contributed by atoms with Gasteiger partial charge in [0.2, 0.25) is 0 Å². The Kier molecular flexibility index (Phi) is 3.14. The van der Waals surface area contributed by atoms with Gasteiger partial charge in [0.25, 0.3) is 5.91 Å². The summed E-state index contributed by atoms with van der Waals surface area (Å²) in [6, 6.07) is 0. The topological polar surface area (TPSA) is 75.6 Å². The number of aryl methyl sites for hydroxylation is 1. The molecule has 2 aromatic heterocycles. The zero-order valence-corrected chi connectivity index (χ0v) is 10.2. The predicted octanol–water partition coefficient (Wildman–Crippen LogP) is 1.04. The Morgan fingerprint density at radius 2 is 2.35 bits per heavy atom. The number of carbonyl (C=O) groups excluding carboxylic acids is 1. The average Bonchev–Trinajstić information content (AvgIpc) is 2.85. The second kappa shape index (κ2) is 4.58. The highest BCUT2D eigenvalue weighted by atomic mass is 35.5. The first-order valence-electron chi connectivity index (χ1n) is 5.04. The molecule has 0 fully saturated rings. The zero-order chi connectivity index (χ0) is 12.4. The standard InChI is InChI=1S/C10H12ClN5O/c1-6-7(4-14-16(6)2)3-12-10(17)9-8(11)5-13-15-9/h4-5H,3H2,1-2H3,(H,12,17)(H,13,15). The van der Waals surface area contributed by atoms with Crippen molar-refractivity contribution in [3.8, 4) is 0 Å². The molecule has 7 heteroatoms. The summed E-state index contributed by atoms with van der Waals surface area (Å²) in [5.41, 5.74) is 2.26. The highest BCUT2D eigenvalue weighted by Crippen LogP contribution is 2.11. The average molecular weight is 254 g/mol. The van der Waals surface area contributed by atoms with Crippen LogP contribution in [-0.2, 0) is 13.6 Å². The Bertz CT molecular complexity index is 545. The van der Waals surface area contributed by atoms with Gasteiger partial charge >= 0.3 is 0 Å². The van der Waals surface area contributed by atoms with Crippen LogP contribution in [0.5, 0.6) is 0 Å². The van der Waals surface area contributed by atoms with Crippen molar-refractivity contribution in [1.82, 2.24) is 25.3 Å². The summed E-state index contributed by atoms with van der Waals surface area (Å²) in [5, 5.41) is 13.4. The van der Waals surface area contributed by atoms with Crippen molar-refractivity contribution in [2.45, 2.75) is 13.5 Å². The minimum atomic E-state index is -0.282. The molecule has 1 amide bonds. The van der Waals surface area contributed by atoms with E-state index < -0.39 is 0 Å². The molecular formula is C10H12ClN5O. The van der Waals surface area contributed by atoms with Crippen LogP contribution in [-0.4, -0.2) is 25.9 Å². The molecule has 2 heterocycles. The molecule has 0 saturated carbocycles. The Balaban J connectivity index is 2.02. The number of aromatic amines is 1. The SMILES string of the molecule is Cc1c(CNC(=O)c2[nH]ncc2Cl)cnn1C. The maximum absolute atomic E-state index is 11.7. The van der Waals surface area contributed by atoms with E-state index in [2.05, 4.69) is 20.6 Å². The first kappa shape index (κ1) is 11.7. The van der Waals surface area contributed by atoms with Crippen molar-refractivity contribution in [2.75, 3.05) is 0 Å². The van der Waals surface area contributed by atoms with E-state index in [9.17, 15) is 4.79 Å². The molecule has 0 aliphatic heterocycles. The van der Waals surface area contributed by atoms with Crippen molar-refractivity contribution < 1.29 is 4.79 Å². The molecule has 2 rings (SSSR count). The van der Waals surface area contributed by atoms with Gasteiger partial charge in [0.1, 0.15) is 5.69 Å². The number of nitrogens with zero attached hydrogens (tertiary/aromatic N) is 3. The van der Waals surface area contributed by atoms with E-state index in [1.807, 2.05) is 14.0 Å². The fourth-order valence-corrected chi connectivity index (χ4v) is 1.59. The maximum Gasteiger partial charge on any atom is 0.271 e. The molecule has 0 atom stereocenters. The Labute approximate surface area is 103 Å². The number of hydrogen-bond donors (Lipinski definition) is 2. The third kappa shape index (κ3) is 2.31. The predicted molar refractivity (Wildman–Crippen MR) is 62.7 cm³/mol. The summed E-state index contributed by atoms with van der Waals surface area (Å²) in [4.78, 5) is 11.7. The molecule has 90 valence electrons. The number of H-pyrrole nitrogens is 1. The largest absolute Gasteiger partial charge is 0.346 e. The third-order valence-corrected chi connectivity index (χ3v) is 2.88. The van der Waals surface area contributed by atoms with Crippen LogP contribution in [0.3, 0.4) is 0 Å². The van der Waals surface area contributed by atoms with Crippen molar-refractivity contribution in [2.24, 2.45) is 7.05 Å². The number of amides is 1. The van der Waals surface area contributed by atoms with E-state index in [0.29, 0.717) is 11.6 Å². The van der Waals surface area contributed by atoms with E-state index in [-0.39, 0.29) is 11.6 Å². The second-order valence-corrected chi connectivity index (χ2v) is 4.06. The number of rotatable bonds is 3. The highest BCUT2D eigenvalue weighted by Gasteiger charge is 2.12. The van der Waals surface area contributed by atoms with Gasteiger partial charge in [-0.1, -0.05) is 11.6 Å². The van der Waals surface area contributed by atoms with E-state index >= 15 is 0 Å². The molecule has 0 unspecified atom stereocenters. The van der Waals surface area contributed by atoms with Gasteiger partial charge in [-0.25, -0.2) is 0 Å². The van der Waals surface area contributed by atoms with Gasteiger partial charge in [-0.15, -0.1) is 0 Å². The Morgan fingerprint density at radius 1 is 1.59 bits per heavy atom. The number of carbonyl (C=O) groups is 1. The molecular weight excluding hydrogens is 242 g/mol. The molecule has 0 aromatic carbocycles. The van der Waals surface area contributed by atoms with Crippen molar-refractivity contribution in [3.05, 3.63) is 34.4 Å². The summed E-state index contributed by atoms with van der Waals surface area (Å²) in [7, 11) is 1.85. The van der Waals surface area contributed by atoms with Crippen LogP contribution < -0.4 is 5.32 Å². The van der Waals surface area contributed by atoms with Crippen molar-refractivity contribution in [3.63, 3.8) is 0 Å². The molecule has 2 aromatic rings. The van der Waals surface area contributed by atoms with Gasteiger partial charge in [0.05, 0.1) is 17.4 Å². The lowest BCUT2D eigenvalue weighted by atomic mass is 10.2. The Hall–Kier alpha value is -1.82. The monoisotopic (exact) mass is 253 g/mol. The van der Waals surface area contributed by atoms with Crippen LogP contribution >= 0.6 is 11.6 Å². The van der Waals surface area contributed by atoms with Crippen molar-refractivity contribution >= 4 is 17.5 Å². The first-order chi connectivity index (χ1) is 8.09. The van der Waals surface area contributed by atoms with Crippen molar-refractivity contribution in [1.29, 1.82) is 0 Å². The number of hydrogen-bond acceptors (Lipinski definition) is 3. The van der Waals surface area contributed by atoms with E-state index in [1.165, 1.54) is 6.20 Å². The molecule has 17 heavy (non-hydrogen) atoms. The summed E-state index contributed by atoms with van der Waals surface area (Å²) >= 11 is 5.78. The van der Waals surface area contributed by atoms with Gasteiger partial charge in [0.15, 0.2) is 0 Å². The zero-order valence-electron chi connectivity index (χ0n) is 9.49. The molecule has 6 nitrogen and oxygen atoms in total. The molecule has 0 aliphatic carbocycles. The molecule has 0 saturated heterocycles. The molecule has 0 bridgehead atoms. The van der Waals surface area contributed by atoms with E-state index in [4.69, 9.17) is 11.6 Å². The van der Waals surface area contributed by atoms with Gasteiger partial charge in [0, 0.05) is 24.8 Å². The number of aromatic nitrogens is 4. The minimum Gasteiger partial charge on any atom is -0.346 e. The molecule has 0 aliphatic rings. The lowest BCUT2D eigenvalue weighted by Gasteiger charge is -2.03. The lowest BCUT2D eigenvalue weighted by Crippen LogP contribution is -2.23. The van der Waals surface area contributed by atoms with E-state index in [1.54, 1.807) is 10.9 Å². The van der Waals surface area contributed by atoms with Crippen LogP contribution in [0.1, 0.15) is 21.7 Å². The first-order valence-corrected chi connectivity index (χ1v) is 5.42. The second-order valence-electron chi connectivity index (χ2n) is 3.65. The highest BCUT2D eigenvalue weighted by molar-refractivity contribution is 6.33. The van der Waals surface area contributed by atoms with Gasteiger partial charge in [-0.2, -0.15) is 10.2 Å². The maximum atomic E-state index is 11.7. The third-order valence-electron chi connectivity index (χ3n) is 2.60. The summed E-state index contributed by atoms with van der Waals surface area (Å²) in [6.07, 6.45) is 3.12. The Morgan fingerprint density at radius 3 is 2.88 bits per heavy atom. The van der Waals surface area contributed by atoms with Gasteiger partial charge in [-0.3, -0.25) is 14.6 Å². The summed E-state index contributed by atoms with van der Waals surface area (Å²) < 4.78 is 1.75. The minimum absolute atomic E-state index is 0.271. The number of halogens is 1. The normalized spacial score (nSPS) is 10.5. The summed E-state index contributed by atoms with van der Waals surface area (Å²) in [5.74, 6) is -0.282. The van der Waals surface area contributed by atoms with Crippen LogP contribution in [0.25, 0.3) is 0 Å². The molecule has 0 spiro atoms. The summed E-state index contributed by atoms with van der Waals surface area (Å²) in [6.45, 7) is 2.35. The van der Waals surface area contributed by atoms with Crippen LogP contribution in [0, 0.1) is 6.92 Å². The van der Waals surface area contributed by atoms with E-state index in [0.717, 1.165) is 11.3 Å². The van der Waals surface area contributed by atoms with Crippen LogP contribution in [0.4, 0.5) is 0 Å². The quantitative estimate of drug-likeness (QED) is 0.858. The van der Waals surface area contributed by atoms with Crippen LogP contribution in [0.2, 0.25) is 5.02 Å². The number of nitrogens with one attached hydrogen (secondary N) is 2. The van der Waals surface area contributed by atoms with Gasteiger partial charge in [-0.05, 0) is 6.92 Å². The smallest absolute Gasteiger partial charge is 0.271 e.